The minimum atomic E-state index is -0.583. The van der Waals surface area contributed by atoms with E-state index in [4.69, 9.17) is 10.2 Å². The van der Waals surface area contributed by atoms with Crippen LogP contribution < -0.4 is 0 Å². The van der Waals surface area contributed by atoms with Crippen LogP contribution in [0.15, 0.2) is 0 Å². The number of rotatable bonds is 4. The van der Waals surface area contributed by atoms with Crippen molar-refractivity contribution in [1.82, 2.24) is 0 Å². The van der Waals surface area contributed by atoms with E-state index in [1.165, 1.54) is 0 Å². The van der Waals surface area contributed by atoms with Gasteiger partial charge in [-0.2, -0.15) is 0 Å². The van der Waals surface area contributed by atoms with Gasteiger partial charge >= 0.3 is 34.6 Å². The van der Waals surface area contributed by atoms with Gasteiger partial charge in [0.2, 0.25) is 0 Å². The van der Waals surface area contributed by atoms with Gasteiger partial charge in [-0.1, -0.05) is 0 Å². The van der Waals surface area contributed by atoms with Crippen LogP contribution in [-0.2, 0) is 41.9 Å². The van der Waals surface area contributed by atoms with E-state index in [0.717, 1.165) is 22.1 Å². The van der Waals surface area contributed by atoms with E-state index < -0.39 is 14.9 Å². The van der Waals surface area contributed by atoms with Gasteiger partial charge in [-0.25, -0.2) is 0 Å². The Labute approximate surface area is 148 Å². The molecule has 0 aromatic carbocycles. The van der Waals surface area contributed by atoms with Crippen molar-refractivity contribution in [3.63, 3.8) is 0 Å². The summed E-state index contributed by atoms with van der Waals surface area (Å²) in [6.45, 7) is 2.23. The van der Waals surface area contributed by atoms with Crippen LogP contribution in [0.25, 0.3) is 0 Å². The number of quaternary nitrogens is 2. The van der Waals surface area contributed by atoms with E-state index in [1.54, 1.807) is 0 Å². The predicted molar refractivity (Wildman–Crippen MR) is 92.7 cm³/mol. The molecule has 0 aromatic heterocycles. The molecule has 122 valence electrons. The third-order valence-electron chi connectivity index (χ3n) is 1.54. The molecule has 0 aliphatic rings. The number of aliphatic hydroxyl groups excluding tert-OH is 2. The Balaban J connectivity index is -0.0000000525. The second-order valence-corrected chi connectivity index (χ2v) is 10.5. The Bertz CT molecular complexity index is 187. The van der Waals surface area contributed by atoms with Gasteiger partial charge in [0.25, 0.3) is 0 Å². The molecule has 0 heterocycles. The molecule has 0 aromatic rings. The molecular formula is C10H30N2O2S4W. The van der Waals surface area contributed by atoms with Crippen LogP contribution in [0.3, 0.4) is 0 Å². The molecule has 0 atom stereocenters. The van der Waals surface area contributed by atoms with Gasteiger partial charge in [0.15, 0.2) is 0 Å². The molecule has 4 nitrogen and oxygen atoms in total. The maximum absolute atomic E-state index is 8.39. The van der Waals surface area contributed by atoms with E-state index in [2.05, 4.69) is 61.9 Å². The number of aliphatic hydroxyl groups is 2. The van der Waals surface area contributed by atoms with Crippen LogP contribution in [0.4, 0.5) is 0 Å². The molecule has 2 N–H and O–H groups in total. The van der Waals surface area contributed by atoms with Crippen LogP contribution in [-0.4, -0.2) is 87.8 Å². The monoisotopic (exact) mass is 522 g/mol. The molecular weight excluding hydrogens is 492 g/mol. The molecule has 0 bridgehead atoms. The van der Waals surface area contributed by atoms with E-state index in [1.807, 2.05) is 0 Å². The summed E-state index contributed by atoms with van der Waals surface area (Å²) in [6, 6.07) is 0. The zero-order valence-corrected chi connectivity index (χ0v) is 19.1. The molecule has 0 fully saturated rings. The van der Waals surface area contributed by atoms with Gasteiger partial charge in [0, 0.05) is 0 Å². The van der Waals surface area contributed by atoms with Gasteiger partial charge < -0.3 is 46.2 Å². The first kappa shape index (κ1) is 32.6. The van der Waals surface area contributed by atoms with Crippen molar-refractivity contribution in [3.8, 4) is 0 Å². The third kappa shape index (κ3) is 65.7. The first-order valence-corrected chi connectivity index (χ1v) is 13.1. The molecule has 0 spiro atoms. The minimum absolute atomic E-state index is 0. The van der Waals surface area contributed by atoms with Crippen LogP contribution in [0.5, 0.6) is 0 Å². The fourth-order valence-corrected chi connectivity index (χ4v) is 0.600. The Hall–Kier alpha value is 1.67. The zero-order valence-electron chi connectivity index (χ0n) is 12.7. The van der Waals surface area contributed by atoms with Crippen molar-refractivity contribution in [1.29, 1.82) is 0 Å². The summed E-state index contributed by atoms with van der Waals surface area (Å²) < 4.78 is 1.69. The summed E-state index contributed by atoms with van der Waals surface area (Å²) in [5.74, 6) is 0. The summed E-state index contributed by atoms with van der Waals surface area (Å²) in [7, 11) is 21.1. The average Bonchev–Trinajstić information content (AvgIpc) is 2.01. The molecule has 0 rings (SSSR count). The Morgan fingerprint density at radius 2 is 0.895 bits per heavy atom. The van der Waals surface area contributed by atoms with Gasteiger partial charge in [-0.3, -0.25) is 0 Å². The quantitative estimate of drug-likeness (QED) is 0.311. The molecule has 9 heteroatoms. The first-order chi connectivity index (χ1) is 7.54. The molecule has 0 amide bonds. The van der Waals surface area contributed by atoms with Crippen molar-refractivity contribution in [3.05, 3.63) is 0 Å². The first-order valence-electron chi connectivity index (χ1n) is 5.28. The van der Waals surface area contributed by atoms with Crippen molar-refractivity contribution >= 4 is 46.6 Å². The Kier molecular flexibility index (Phi) is 33.7. The van der Waals surface area contributed by atoms with Gasteiger partial charge in [-0.05, 0) is 0 Å². The molecule has 0 aliphatic carbocycles. The van der Waals surface area contributed by atoms with Crippen molar-refractivity contribution in [2.75, 3.05) is 68.6 Å². The Morgan fingerprint density at radius 1 is 0.737 bits per heavy atom. The second-order valence-electron chi connectivity index (χ2n) is 5.54. The normalized spacial score (nSPS) is 9.47. The topological polar surface area (TPSA) is 40.5 Å². The van der Waals surface area contributed by atoms with E-state index in [9.17, 15) is 0 Å². The number of hydrogen-bond acceptors (Lipinski definition) is 6. The number of likely N-dealkylation sites (N-methyl/N-ethyl adjacent to an activating group) is 2. The Morgan fingerprint density at radius 3 is 0.895 bits per heavy atom. The van der Waals surface area contributed by atoms with Crippen molar-refractivity contribution in [2.24, 2.45) is 0 Å². The van der Waals surface area contributed by atoms with E-state index in [0.29, 0.717) is 0 Å². The van der Waals surface area contributed by atoms with Crippen LogP contribution in [0.2, 0.25) is 0 Å². The number of nitrogens with zero attached hydrogens (tertiary/aromatic N) is 2. The predicted octanol–water partition coefficient (Wildman–Crippen LogP) is 0.124. The molecule has 19 heavy (non-hydrogen) atoms. The molecule has 0 saturated heterocycles. The molecule has 0 radical (unpaired) electrons. The van der Waals surface area contributed by atoms with Crippen molar-refractivity contribution in [2.45, 2.75) is 0 Å². The fourth-order valence-electron chi connectivity index (χ4n) is 0.600. The van der Waals surface area contributed by atoms with Gasteiger partial charge in [0.1, 0.15) is 13.1 Å². The summed E-state index contributed by atoms with van der Waals surface area (Å²) >= 11 is -0.583. The summed E-state index contributed by atoms with van der Waals surface area (Å²) in [6.07, 6.45) is 0. The second kappa shape index (κ2) is 19.7. The van der Waals surface area contributed by atoms with Gasteiger partial charge in [0.05, 0.1) is 55.5 Å². The maximum atomic E-state index is 8.39. The average molecular weight is 522 g/mol. The number of thiol groups is 2. The van der Waals surface area contributed by atoms with Crippen LogP contribution in [0.1, 0.15) is 0 Å². The summed E-state index contributed by atoms with van der Waals surface area (Å²) in [4.78, 5) is 0. The van der Waals surface area contributed by atoms with E-state index >= 15 is 0 Å². The number of hydrogen-bond donors (Lipinski definition) is 2. The third-order valence-corrected chi connectivity index (χ3v) is 1.54. The standard InChI is InChI=1S/2C5H14NO.2H2S.2S.W/c2*1-6(2,3)4-5-7;;;;;/h2*7H,4-5H2,1-3H3;2*1H2;;;/q2*+1;;;;;/p-2. The SMILES string of the molecule is C[N+](C)(C)CCO.C[N+](C)(C)CCO.[SH-].[SH-].[S]=[W]=[S]. The summed E-state index contributed by atoms with van der Waals surface area (Å²) in [5, 5.41) is 16.8. The molecule has 0 unspecified atom stereocenters. The molecule has 0 aliphatic heterocycles. The molecule has 0 saturated carbocycles. The summed E-state index contributed by atoms with van der Waals surface area (Å²) in [5.41, 5.74) is 0. The van der Waals surface area contributed by atoms with Gasteiger partial charge in [-0.15, -0.1) is 0 Å². The zero-order chi connectivity index (χ0) is 14.5. The van der Waals surface area contributed by atoms with Crippen molar-refractivity contribution < 1.29 is 34.1 Å². The van der Waals surface area contributed by atoms with Crippen LogP contribution in [0, 0.1) is 0 Å². The van der Waals surface area contributed by atoms with Crippen LogP contribution >= 0.6 is 19.6 Å². The van der Waals surface area contributed by atoms with E-state index in [-0.39, 0.29) is 40.2 Å². The fraction of sp³-hybridized carbons (Fsp3) is 1.00.